The molecule has 76 valence electrons. The van der Waals surface area contributed by atoms with Crippen LogP contribution in [0.3, 0.4) is 0 Å². The highest BCUT2D eigenvalue weighted by Gasteiger charge is 2.65. The lowest BCUT2D eigenvalue weighted by Gasteiger charge is -2.19. The summed E-state index contributed by atoms with van der Waals surface area (Å²) in [5, 5.41) is 3.55. The Hall–Kier alpha value is -0.0400. The predicted octanol–water partition coefficient (Wildman–Crippen LogP) is 2.81. The van der Waals surface area contributed by atoms with Gasteiger partial charge >= 0.3 is 0 Å². The maximum Gasteiger partial charge on any atom is -0.00149 e. The van der Waals surface area contributed by atoms with Crippen molar-refractivity contribution in [2.75, 3.05) is 13.1 Å². The minimum Gasteiger partial charge on any atom is -0.316 e. The average Bonchev–Trinajstić information content (AvgIpc) is 2.95. The van der Waals surface area contributed by atoms with Gasteiger partial charge in [0.05, 0.1) is 0 Å². The van der Waals surface area contributed by atoms with Gasteiger partial charge in [-0.05, 0) is 55.5 Å². The van der Waals surface area contributed by atoms with E-state index < -0.39 is 0 Å². The van der Waals surface area contributed by atoms with Crippen LogP contribution in [0.15, 0.2) is 0 Å². The Bertz CT molecular complexity index is 195. The fourth-order valence-corrected chi connectivity index (χ4v) is 2.70. The van der Waals surface area contributed by atoms with Crippen molar-refractivity contribution < 1.29 is 0 Å². The van der Waals surface area contributed by atoms with Crippen molar-refractivity contribution in [1.29, 1.82) is 0 Å². The molecule has 0 aromatic carbocycles. The van der Waals surface area contributed by atoms with Crippen LogP contribution in [0.1, 0.15) is 46.5 Å². The van der Waals surface area contributed by atoms with Crippen molar-refractivity contribution in [2.24, 2.45) is 16.7 Å². The summed E-state index contributed by atoms with van der Waals surface area (Å²) in [6.07, 6.45) is 5.70. The van der Waals surface area contributed by atoms with E-state index in [0.29, 0.717) is 5.41 Å². The maximum absolute atomic E-state index is 3.55. The summed E-state index contributed by atoms with van der Waals surface area (Å²) >= 11 is 0. The van der Waals surface area contributed by atoms with Crippen LogP contribution >= 0.6 is 0 Å². The van der Waals surface area contributed by atoms with Crippen LogP contribution in [0.2, 0.25) is 0 Å². The maximum atomic E-state index is 3.55. The molecule has 2 atom stereocenters. The molecule has 1 nitrogen and oxygen atoms in total. The van der Waals surface area contributed by atoms with E-state index in [9.17, 15) is 0 Å². The number of nitrogens with one attached hydrogen (secondary N) is 1. The minimum absolute atomic E-state index is 0.702. The highest BCUT2D eigenvalue weighted by atomic mass is 14.9. The fourth-order valence-electron chi connectivity index (χ4n) is 2.70. The first-order valence-electron chi connectivity index (χ1n) is 5.83. The second-order valence-corrected chi connectivity index (χ2v) is 5.58. The lowest BCUT2D eigenvalue weighted by molar-refractivity contribution is 0.303. The number of hydrogen-bond donors (Lipinski definition) is 1. The lowest BCUT2D eigenvalue weighted by atomic mass is 9.87. The van der Waals surface area contributed by atoms with Gasteiger partial charge in [-0.25, -0.2) is 0 Å². The first kappa shape index (κ1) is 9.51. The third-order valence-electron chi connectivity index (χ3n) is 4.61. The molecule has 0 saturated heterocycles. The molecule has 2 aliphatic rings. The van der Waals surface area contributed by atoms with Crippen molar-refractivity contribution >= 4 is 0 Å². The van der Waals surface area contributed by atoms with E-state index in [1.807, 2.05) is 0 Å². The largest absolute Gasteiger partial charge is 0.316 e. The van der Waals surface area contributed by atoms with E-state index in [-0.39, 0.29) is 0 Å². The van der Waals surface area contributed by atoms with E-state index in [2.05, 4.69) is 26.1 Å². The fraction of sp³-hybridized carbons (Fsp3) is 1.00. The normalized spacial score (nSPS) is 40.4. The number of rotatable bonds is 5. The highest BCUT2D eigenvalue weighted by molar-refractivity contribution is 5.14. The minimum atomic E-state index is 0.702. The Morgan fingerprint density at radius 1 is 1.31 bits per heavy atom. The molecule has 0 aliphatic heterocycles. The van der Waals surface area contributed by atoms with Gasteiger partial charge in [-0.15, -0.1) is 0 Å². The zero-order valence-corrected chi connectivity index (χ0v) is 9.32. The molecule has 0 heterocycles. The molecule has 0 amide bonds. The van der Waals surface area contributed by atoms with E-state index in [4.69, 9.17) is 0 Å². The molecule has 2 unspecified atom stereocenters. The molecule has 0 bridgehead atoms. The van der Waals surface area contributed by atoms with Crippen LogP contribution in [0.5, 0.6) is 0 Å². The molecule has 1 heteroatoms. The van der Waals surface area contributed by atoms with Crippen molar-refractivity contribution in [3.63, 3.8) is 0 Å². The zero-order chi connectivity index (χ0) is 9.53. The third-order valence-corrected chi connectivity index (χ3v) is 4.61. The standard InChI is InChI=1S/C12H23N/c1-4-7-13-9-10-8-12(10,3)11(2)5-6-11/h10,13H,4-9H2,1-3H3. The smallest absolute Gasteiger partial charge is 0.00149 e. The van der Waals surface area contributed by atoms with Gasteiger partial charge in [0.2, 0.25) is 0 Å². The molecule has 2 saturated carbocycles. The van der Waals surface area contributed by atoms with Crippen LogP contribution in [0.25, 0.3) is 0 Å². The Morgan fingerprint density at radius 2 is 2.00 bits per heavy atom. The number of hydrogen-bond acceptors (Lipinski definition) is 1. The van der Waals surface area contributed by atoms with Crippen LogP contribution in [-0.2, 0) is 0 Å². The van der Waals surface area contributed by atoms with Crippen molar-refractivity contribution in [1.82, 2.24) is 5.32 Å². The zero-order valence-electron chi connectivity index (χ0n) is 9.32. The van der Waals surface area contributed by atoms with Gasteiger partial charge in [0, 0.05) is 0 Å². The second kappa shape index (κ2) is 2.98. The SMILES string of the molecule is CCCNCC1CC1(C)C1(C)CC1. The Labute approximate surface area is 82.3 Å². The summed E-state index contributed by atoms with van der Waals surface area (Å²) in [7, 11) is 0. The van der Waals surface area contributed by atoms with Gasteiger partial charge in [0.25, 0.3) is 0 Å². The van der Waals surface area contributed by atoms with E-state index >= 15 is 0 Å². The van der Waals surface area contributed by atoms with Crippen molar-refractivity contribution in [3.8, 4) is 0 Å². The van der Waals surface area contributed by atoms with Gasteiger partial charge in [-0.2, -0.15) is 0 Å². The van der Waals surface area contributed by atoms with Gasteiger partial charge in [0.1, 0.15) is 0 Å². The van der Waals surface area contributed by atoms with Gasteiger partial charge in [0.15, 0.2) is 0 Å². The molecular weight excluding hydrogens is 158 g/mol. The van der Waals surface area contributed by atoms with E-state index in [1.165, 1.54) is 38.8 Å². The Morgan fingerprint density at radius 3 is 2.54 bits per heavy atom. The second-order valence-electron chi connectivity index (χ2n) is 5.58. The molecule has 0 spiro atoms. The van der Waals surface area contributed by atoms with Crippen molar-refractivity contribution in [3.05, 3.63) is 0 Å². The molecule has 2 aliphatic carbocycles. The van der Waals surface area contributed by atoms with E-state index in [0.717, 1.165) is 11.3 Å². The summed E-state index contributed by atoms with van der Waals surface area (Å²) in [6.45, 7) is 9.68. The monoisotopic (exact) mass is 181 g/mol. The quantitative estimate of drug-likeness (QED) is 0.643. The predicted molar refractivity (Wildman–Crippen MR) is 56.7 cm³/mol. The van der Waals surface area contributed by atoms with Gasteiger partial charge < -0.3 is 5.32 Å². The molecular formula is C12H23N. The van der Waals surface area contributed by atoms with Crippen LogP contribution in [0.4, 0.5) is 0 Å². The molecule has 2 rings (SSSR count). The molecule has 0 aromatic heterocycles. The molecule has 0 aromatic rings. The van der Waals surface area contributed by atoms with Crippen LogP contribution < -0.4 is 5.32 Å². The van der Waals surface area contributed by atoms with Gasteiger partial charge in [-0.3, -0.25) is 0 Å². The summed E-state index contributed by atoms with van der Waals surface area (Å²) in [4.78, 5) is 0. The first-order valence-corrected chi connectivity index (χ1v) is 5.83. The topological polar surface area (TPSA) is 12.0 Å². The summed E-state index contributed by atoms with van der Waals surface area (Å²) in [6, 6.07) is 0. The molecule has 1 N–H and O–H groups in total. The average molecular weight is 181 g/mol. The Kier molecular flexibility index (Phi) is 2.18. The molecule has 13 heavy (non-hydrogen) atoms. The van der Waals surface area contributed by atoms with E-state index in [1.54, 1.807) is 0 Å². The highest BCUT2D eigenvalue weighted by Crippen LogP contribution is 2.72. The van der Waals surface area contributed by atoms with Crippen molar-refractivity contribution in [2.45, 2.75) is 46.5 Å². The van der Waals surface area contributed by atoms with Gasteiger partial charge in [-0.1, -0.05) is 20.8 Å². The first-order chi connectivity index (χ1) is 6.12. The molecule has 0 radical (unpaired) electrons. The summed E-state index contributed by atoms with van der Waals surface area (Å²) < 4.78 is 0. The lowest BCUT2D eigenvalue weighted by Crippen LogP contribution is -2.22. The summed E-state index contributed by atoms with van der Waals surface area (Å²) in [5.74, 6) is 0.978. The third kappa shape index (κ3) is 1.52. The Balaban J connectivity index is 1.74. The van der Waals surface area contributed by atoms with Crippen LogP contribution in [-0.4, -0.2) is 13.1 Å². The van der Waals surface area contributed by atoms with Crippen LogP contribution in [0, 0.1) is 16.7 Å². The molecule has 2 fully saturated rings. The summed E-state index contributed by atoms with van der Waals surface area (Å²) in [5.41, 5.74) is 1.43.